The molecule has 1 rings (SSSR count). The molecular formula is C6H13AlNaO24S6. The average Bonchev–Trinajstić information content (AvgIpc) is 2.51. The van der Waals surface area contributed by atoms with Crippen molar-refractivity contribution in [2.75, 3.05) is 0 Å². The van der Waals surface area contributed by atoms with E-state index in [0.717, 1.165) is 0 Å². The van der Waals surface area contributed by atoms with Crippen LogP contribution in [0.2, 0.25) is 0 Å². The Bertz CT molecular complexity index is 1160. The summed E-state index contributed by atoms with van der Waals surface area (Å²) in [5.74, 6) is 0. The second kappa shape index (κ2) is 13.8. The summed E-state index contributed by atoms with van der Waals surface area (Å²) >= 11 is 0. The van der Waals surface area contributed by atoms with Crippen molar-refractivity contribution < 1.29 is 134 Å². The Hall–Kier alpha value is 0.752. The monoisotopic (exact) mass is 711 g/mol. The summed E-state index contributed by atoms with van der Waals surface area (Å²) in [6.45, 7) is 0. The molecule has 221 valence electrons. The minimum atomic E-state index is -6.04. The minimum absolute atomic E-state index is 0. The molecule has 0 bridgehead atoms. The third-order valence-electron chi connectivity index (χ3n) is 3.34. The van der Waals surface area contributed by atoms with E-state index in [2.05, 4.69) is 25.1 Å². The zero-order chi connectivity index (χ0) is 28.7. The fourth-order valence-corrected chi connectivity index (χ4v) is 5.62. The van der Waals surface area contributed by atoms with E-state index in [0.29, 0.717) is 0 Å². The van der Waals surface area contributed by atoms with E-state index in [9.17, 15) is 50.5 Å². The summed E-state index contributed by atoms with van der Waals surface area (Å²) in [4.78, 5) is 0. The van der Waals surface area contributed by atoms with Gasteiger partial charge in [-0.3, -0.25) is 27.3 Å². The van der Waals surface area contributed by atoms with Gasteiger partial charge < -0.3 is 1.43 Å². The van der Waals surface area contributed by atoms with Crippen molar-refractivity contribution >= 4 is 79.8 Å². The summed E-state index contributed by atoms with van der Waals surface area (Å²) in [7, 11) is -36.3. The Balaban J connectivity index is -0.00000432. The maximum absolute atomic E-state index is 11.2. The second-order valence-corrected chi connectivity index (χ2v) is 12.2. The van der Waals surface area contributed by atoms with Gasteiger partial charge in [0.05, 0.1) is 0 Å². The van der Waals surface area contributed by atoms with Gasteiger partial charge in [-0.05, 0) is 0 Å². The second-order valence-electron chi connectivity index (χ2n) is 5.93. The molecule has 0 unspecified atom stereocenters. The van der Waals surface area contributed by atoms with Gasteiger partial charge >= 0.3 is 92.0 Å². The predicted octanol–water partition coefficient (Wildman–Crippen LogP) is -8.14. The maximum Gasteiger partial charge on any atom is 1.00 e. The van der Waals surface area contributed by atoms with Gasteiger partial charge in [-0.25, -0.2) is 25.1 Å². The summed E-state index contributed by atoms with van der Waals surface area (Å²) in [5.41, 5.74) is 0. The van der Waals surface area contributed by atoms with Gasteiger partial charge in [-0.1, -0.05) is 0 Å². The Morgan fingerprint density at radius 3 is 0.474 bits per heavy atom. The Kier molecular flexibility index (Phi) is 14.9. The molecule has 0 atom stereocenters. The number of rotatable bonds is 12. The molecule has 0 aromatic heterocycles. The molecule has 1 aliphatic rings. The van der Waals surface area contributed by atoms with E-state index in [1.54, 1.807) is 0 Å². The van der Waals surface area contributed by atoms with E-state index >= 15 is 0 Å². The van der Waals surface area contributed by atoms with Crippen molar-refractivity contribution in [3.05, 3.63) is 0 Å². The van der Waals surface area contributed by atoms with Gasteiger partial charge in [0, 0.05) is 17.4 Å². The van der Waals surface area contributed by atoms with Gasteiger partial charge in [0.1, 0.15) is 36.6 Å². The van der Waals surface area contributed by atoms with Crippen LogP contribution in [-0.4, -0.2) is 132 Å². The smallest absolute Gasteiger partial charge is 1.00 e. The third kappa shape index (κ3) is 15.7. The quantitative estimate of drug-likeness (QED) is 0.0808. The van der Waals surface area contributed by atoms with E-state index < -0.39 is 99.0 Å². The van der Waals surface area contributed by atoms with Crippen molar-refractivity contribution in [2.45, 2.75) is 36.6 Å². The van der Waals surface area contributed by atoms with Gasteiger partial charge in [-0.15, -0.1) is 0 Å². The topological polar surface area (TPSA) is 382 Å². The van der Waals surface area contributed by atoms with E-state index in [1.165, 1.54) is 0 Å². The predicted molar refractivity (Wildman–Crippen MR) is 105 cm³/mol. The summed E-state index contributed by atoms with van der Waals surface area (Å²) in [5, 5.41) is 0. The maximum atomic E-state index is 11.2. The molecule has 32 heteroatoms. The van der Waals surface area contributed by atoms with Crippen LogP contribution in [0.3, 0.4) is 0 Å². The van der Waals surface area contributed by atoms with Crippen LogP contribution in [0.5, 0.6) is 0 Å². The largest absolute Gasteiger partial charge is 1.00 e. The zero-order valence-corrected chi connectivity index (χ0v) is 25.6. The van der Waals surface area contributed by atoms with Crippen molar-refractivity contribution in [1.82, 2.24) is 0 Å². The van der Waals surface area contributed by atoms with Crippen LogP contribution in [0.4, 0.5) is 0 Å². The molecular weight excluding hydrogens is 698 g/mol. The van der Waals surface area contributed by atoms with E-state index in [-0.39, 0.29) is 48.3 Å². The van der Waals surface area contributed by atoms with Crippen molar-refractivity contribution in [2.24, 2.45) is 0 Å². The van der Waals surface area contributed by atoms with Crippen LogP contribution in [0.25, 0.3) is 0 Å². The average molecular weight is 712 g/mol. The SMILES string of the molecule is O=S(=O)(O)OC1C(OS(=O)(=O)O)C(OS(=O)(=O)O)C(OS(=O)(=O)O)C(OS(=O)(=O)O)C1OS(=O)(=O)O.[Al].[H-].[Na+]. The molecule has 24 nitrogen and oxygen atoms in total. The van der Waals surface area contributed by atoms with Crippen LogP contribution in [-0.2, 0) is 87.5 Å². The van der Waals surface area contributed by atoms with Crippen LogP contribution in [0.15, 0.2) is 0 Å². The van der Waals surface area contributed by atoms with E-state index in [1.807, 2.05) is 0 Å². The number of hydrogen-bond acceptors (Lipinski definition) is 18. The molecule has 0 amide bonds. The first-order chi connectivity index (χ1) is 15.6. The van der Waals surface area contributed by atoms with Crippen molar-refractivity contribution in [3.63, 3.8) is 0 Å². The molecule has 1 aliphatic carbocycles. The standard InChI is InChI=1S/C6H12O24S6.Al.Na.H/c7-31(8,9)25-1-2(26-32(10,11)12)4(28-34(16,17)18)6(30-36(22,23)24)5(29-35(19,20)21)3(1)27-33(13,14)15;;;/h1-6H,(H,7,8,9)(H,10,11,12)(H,13,14,15)(H,16,17,18)(H,19,20,21)(H,22,23,24);;;/q;;+1;-1. The van der Waals surface area contributed by atoms with Crippen molar-refractivity contribution in [3.8, 4) is 0 Å². The Morgan fingerprint density at radius 1 is 0.342 bits per heavy atom. The first kappa shape index (κ1) is 40.9. The zero-order valence-electron chi connectivity index (χ0n) is 18.5. The first-order valence-electron chi connectivity index (χ1n) is 7.51. The summed E-state index contributed by atoms with van der Waals surface area (Å²) in [6.07, 6.45) is -20.4. The van der Waals surface area contributed by atoms with Crippen LogP contribution in [0.1, 0.15) is 1.43 Å². The Morgan fingerprint density at radius 2 is 0.421 bits per heavy atom. The molecule has 0 spiro atoms. The van der Waals surface area contributed by atoms with Crippen LogP contribution < -0.4 is 29.6 Å². The first-order valence-corrected chi connectivity index (χ1v) is 15.7. The summed E-state index contributed by atoms with van der Waals surface area (Å²) in [6, 6.07) is 0. The van der Waals surface area contributed by atoms with Gasteiger partial charge in [0.15, 0.2) is 0 Å². The minimum Gasteiger partial charge on any atom is -1.00 e. The summed E-state index contributed by atoms with van der Waals surface area (Å²) < 4.78 is 211. The fourth-order valence-electron chi connectivity index (χ4n) is 2.62. The molecule has 0 saturated heterocycles. The van der Waals surface area contributed by atoms with E-state index in [4.69, 9.17) is 27.3 Å². The normalized spacial score (nSPS) is 27.6. The molecule has 1 saturated carbocycles. The van der Waals surface area contributed by atoms with Crippen molar-refractivity contribution in [1.29, 1.82) is 0 Å². The van der Waals surface area contributed by atoms with Crippen LogP contribution >= 0.6 is 0 Å². The Labute approximate surface area is 248 Å². The van der Waals surface area contributed by atoms with Crippen LogP contribution in [0, 0.1) is 0 Å². The molecule has 38 heavy (non-hydrogen) atoms. The molecule has 0 aliphatic heterocycles. The molecule has 6 N–H and O–H groups in total. The third-order valence-corrected chi connectivity index (χ3v) is 6.13. The number of hydrogen-bond donors (Lipinski definition) is 6. The van der Waals surface area contributed by atoms with Gasteiger partial charge in [0.2, 0.25) is 0 Å². The molecule has 1 fully saturated rings. The molecule has 0 aromatic carbocycles. The molecule has 0 heterocycles. The molecule has 3 radical (unpaired) electrons. The van der Waals surface area contributed by atoms with Gasteiger partial charge in [-0.2, -0.15) is 50.5 Å². The fraction of sp³-hybridized carbons (Fsp3) is 1.00. The molecule has 0 aromatic rings. The van der Waals surface area contributed by atoms with Gasteiger partial charge in [0.25, 0.3) is 0 Å².